The van der Waals surface area contributed by atoms with E-state index >= 15 is 0 Å². The summed E-state index contributed by atoms with van der Waals surface area (Å²) in [5, 5.41) is 3.64. The Morgan fingerprint density at radius 3 is 2.52 bits per heavy atom. The molecule has 2 aromatic rings. The summed E-state index contributed by atoms with van der Waals surface area (Å²) in [4.78, 5) is 19.3. The standard InChI is InChI=1S/C15H20N6/c1-12(14-11-16-7-8-17-14)20-13-3-9-21(10-4-13)15-18-5-2-6-19-15/h2,5-8,11-13,20H,3-4,9-10H2,1H3. The predicted molar refractivity (Wildman–Crippen MR) is 80.8 cm³/mol. The SMILES string of the molecule is CC(NC1CCN(c2ncccn2)CC1)c1cnccn1. The molecule has 1 atom stereocenters. The molecule has 1 unspecified atom stereocenters. The molecule has 0 aliphatic carbocycles. The van der Waals surface area contributed by atoms with E-state index < -0.39 is 0 Å². The first-order chi connectivity index (χ1) is 10.3. The highest BCUT2D eigenvalue weighted by molar-refractivity contribution is 5.29. The van der Waals surface area contributed by atoms with Crippen LogP contribution in [0.2, 0.25) is 0 Å². The summed E-state index contributed by atoms with van der Waals surface area (Å²) in [5.74, 6) is 0.831. The summed E-state index contributed by atoms with van der Waals surface area (Å²) in [6.07, 6.45) is 11.0. The Labute approximate surface area is 124 Å². The zero-order chi connectivity index (χ0) is 14.5. The zero-order valence-corrected chi connectivity index (χ0v) is 12.2. The van der Waals surface area contributed by atoms with Crippen LogP contribution in [0, 0.1) is 0 Å². The molecule has 1 aliphatic rings. The van der Waals surface area contributed by atoms with Crippen molar-refractivity contribution >= 4 is 5.95 Å². The van der Waals surface area contributed by atoms with Gasteiger partial charge in [0.25, 0.3) is 0 Å². The summed E-state index contributed by atoms with van der Waals surface area (Å²) in [6, 6.07) is 2.57. The fourth-order valence-electron chi connectivity index (χ4n) is 2.67. The Bertz CT molecular complexity index is 539. The van der Waals surface area contributed by atoms with E-state index in [0.717, 1.165) is 37.6 Å². The molecule has 1 N–H and O–H groups in total. The molecule has 110 valence electrons. The van der Waals surface area contributed by atoms with Crippen LogP contribution < -0.4 is 10.2 Å². The maximum Gasteiger partial charge on any atom is 0.225 e. The van der Waals surface area contributed by atoms with Crippen LogP contribution >= 0.6 is 0 Å². The van der Waals surface area contributed by atoms with E-state index in [0.29, 0.717) is 6.04 Å². The van der Waals surface area contributed by atoms with Crippen LogP contribution in [-0.4, -0.2) is 39.1 Å². The van der Waals surface area contributed by atoms with Gasteiger partial charge in [-0.1, -0.05) is 0 Å². The van der Waals surface area contributed by atoms with Gasteiger partial charge in [0.2, 0.25) is 5.95 Å². The van der Waals surface area contributed by atoms with Crippen LogP contribution in [0.1, 0.15) is 31.5 Å². The van der Waals surface area contributed by atoms with Crippen molar-refractivity contribution in [3.8, 4) is 0 Å². The van der Waals surface area contributed by atoms with Gasteiger partial charge < -0.3 is 10.2 Å². The first-order valence-corrected chi connectivity index (χ1v) is 7.37. The molecule has 0 spiro atoms. The minimum atomic E-state index is 0.225. The van der Waals surface area contributed by atoms with Crippen LogP contribution in [-0.2, 0) is 0 Å². The third kappa shape index (κ3) is 3.52. The molecule has 1 fully saturated rings. The number of rotatable bonds is 4. The van der Waals surface area contributed by atoms with Gasteiger partial charge >= 0.3 is 0 Å². The second-order valence-electron chi connectivity index (χ2n) is 5.33. The number of nitrogens with zero attached hydrogens (tertiary/aromatic N) is 5. The van der Waals surface area contributed by atoms with Crippen LogP contribution in [0.5, 0.6) is 0 Å². The molecular weight excluding hydrogens is 264 g/mol. The highest BCUT2D eigenvalue weighted by Gasteiger charge is 2.22. The van der Waals surface area contributed by atoms with Crippen LogP contribution in [0.15, 0.2) is 37.1 Å². The van der Waals surface area contributed by atoms with Crippen molar-refractivity contribution in [3.05, 3.63) is 42.7 Å². The molecule has 0 aromatic carbocycles. The third-order valence-corrected chi connectivity index (χ3v) is 3.84. The maximum atomic E-state index is 4.35. The number of nitrogens with one attached hydrogen (secondary N) is 1. The molecule has 0 radical (unpaired) electrons. The average molecular weight is 284 g/mol. The van der Waals surface area contributed by atoms with Crippen molar-refractivity contribution in [2.75, 3.05) is 18.0 Å². The smallest absolute Gasteiger partial charge is 0.225 e. The van der Waals surface area contributed by atoms with E-state index in [1.165, 1.54) is 0 Å². The van der Waals surface area contributed by atoms with E-state index in [1.54, 1.807) is 24.8 Å². The number of hydrogen-bond donors (Lipinski definition) is 1. The van der Waals surface area contributed by atoms with Gasteiger partial charge in [-0.15, -0.1) is 0 Å². The molecule has 1 saturated heterocycles. The van der Waals surface area contributed by atoms with Crippen LogP contribution in [0.25, 0.3) is 0 Å². The first-order valence-electron chi connectivity index (χ1n) is 7.37. The van der Waals surface area contributed by atoms with Crippen LogP contribution in [0.3, 0.4) is 0 Å². The fourth-order valence-corrected chi connectivity index (χ4v) is 2.67. The Hall–Kier alpha value is -2.08. The molecule has 6 nitrogen and oxygen atoms in total. The molecule has 2 aromatic heterocycles. The lowest BCUT2D eigenvalue weighted by Crippen LogP contribution is -2.44. The summed E-state index contributed by atoms with van der Waals surface area (Å²) < 4.78 is 0. The summed E-state index contributed by atoms with van der Waals surface area (Å²) in [5.41, 5.74) is 0.992. The second-order valence-corrected chi connectivity index (χ2v) is 5.33. The molecule has 0 bridgehead atoms. The average Bonchev–Trinajstić information content (AvgIpc) is 2.57. The highest BCUT2D eigenvalue weighted by Crippen LogP contribution is 2.18. The molecule has 21 heavy (non-hydrogen) atoms. The van der Waals surface area contributed by atoms with Crippen molar-refractivity contribution in [1.82, 2.24) is 25.3 Å². The van der Waals surface area contributed by atoms with Crippen molar-refractivity contribution < 1.29 is 0 Å². The largest absolute Gasteiger partial charge is 0.341 e. The summed E-state index contributed by atoms with van der Waals surface area (Å²) in [7, 11) is 0. The van der Waals surface area contributed by atoms with Crippen molar-refractivity contribution in [2.24, 2.45) is 0 Å². The minimum absolute atomic E-state index is 0.225. The van der Waals surface area contributed by atoms with E-state index in [9.17, 15) is 0 Å². The highest BCUT2D eigenvalue weighted by atomic mass is 15.3. The number of aromatic nitrogens is 4. The van der Waals surface area contributed by atoms with Gasteiger partial charge in [-0.2, -0.15) is 0 Å². The summed E-state index contributed by atoms with van der Waals surface area (Å²) in [6.45, 7) is 4.10. The predicted octanol–water partition coefficient (Wildman–Crippen LogP) is 1.59. The lowest BCUT2D eigenvalue weighted by molar-refractivity contribution is 0.375. The summed E-state index contributed by atoms with van der Waals surface area (Å²) >= 11 is 0. The Morgan fingerprint density at radius 1 is 1.10 bits per heavy atom. The molecule has 0 amide bonds. The van der Waals surface area contributed by atoms with E-state index in [4.69, 9.17) is 0 Å². The number of hydrogen-bond acceptors (Lipinski definition) is 6. The van der Waals surface area contributed by atoms with Crippen LogP contribution in [0.4, 0.5) is 5.95 Å². The Balaban J connectivity index is 1.52. The van der Waals surface area contributed by atoms with Gasteiger partial charge in [0.05, 0.1) is 5.69 Å². The molecule has 3 rings (SSSR count). The van der Waals surface area contributed by atoms with Gasteiger partial charge in [0, 0.05) is 56.2 Å². The zero-order valence-electron chi connectivity index (χ0n) is 12.2. The van der Waals surface area contributed by atoms with E-state index in [2.05, 4.69) is 37.1 Å². The van der Waals surface area contributed by atoms with E-state index in [-0.39, 0.29) is 6.04 Å². The lowest BCUT2D eigenvalue weighted by atomic mass is 10.0. The monoisotopic (exact) mass is 284 g/mol. The van der Waals surface area contributed by atoms with Gasteiger partial charge in [0.15, 0.2) is 0 Å². The molecule has 6 heteroatoms. The van der Waals surface area contributed by atoms with Gasteiger partial charge in [-0.3, -0.25) is 9.97 Å². The normalized spacial score (nSPS) is 17.7. The topological polar surface area (TPSA) is 66.8 Å². The minimum Gasteiger partial charge on any atom is -0.341 e. The van der Waals surface area contributed by atoms with Gasteiger partial charge in [-0.05, 0) is 25.8 Å². The number of piperidine rings is 1. The second kappa shape index (κ2) is 6.58. The van der Waals surface area contributed by atoms with Crippen molar-refractivity contribution in [2.45, 2.75) is 31.8 Å². The Morgan fingerprint density at radius 2 is 1.86 bits per heavy atom. The van der Waals surface area contributed by atoms with Crippen molar-refractivity contribution in [1.29, 1.82) is 0 Å². The third-order valence-electron chi connectivity index (χ3n) is 3.84. The van der Waals surface area contributed by atoms with Gasteiger partial charge in [0.1, 0.15) is 0 Å². The maximum absolute atomic E-state index is 4.35. The molecule has 3 heterocycles. The Kier molecular flexibility index (Phi) is 4.35. The molecular formula is C15H20N6. The van der Waals surface area contributed by atoms with Crippen molar-refractivity contribution in [3.63, 3.8) is 0 Å². The molecule has 1 aliphatic heterocycles. The molecule has 0 saturated carbocycles. The van der Waals surface area contributed by atoms with E-state index in [1.807, 2.05) is 12.3 Å². The quantitative estimate of drug-likeness (QED) is 0.919. The lowest BCUT2D eigenvalue weighted by Gasteiger charge is -2.33. The fraction of sp³-hybridized carbons (Fsp3) is 0.467. The number of anilines is 1. The van der Waals surface area contributed by atoms with Gasteiger partial charge in [-0.25, -0.2) is 9.97 Å². The first kappa shape index (κ1) is 13.9.